The summed E-state index contributed by atoms with van der Waals surface area (Å²) in [6.45, 7) is 3.39. The Labute approximate surface area is 234 Å². The molecule has 8 heteroatoms. The van der Waals surface area contributed by atoms with Crippen LogP contribution in [-0.2, 0) is 11.3 Å². The first kappa shape index (κ1) is 26.0. The fraction of sp³-hybridized carbons (Fsp3) is 0.406. The molecule has 2 fully saturated rings. The van der Waals surface area contributed by atoms with Crippen molar-refractivity contribution in [2.24, 2.45) is 5.92 Å². The number of rotatable bonds is 10. The first-order chi connectivity index (χ1) is 19.6. The highest BCUT2D eigenvalue weighted by Gasteiger charge is 2.29. The second-order valence-corrected chi connectivity index (χ2v) is 11.0. The third-order valence-corrected chi connectivity index (χ3v) is 8.43. The standard InChI is InChI=1S/C32H35N5O3/c1-22(23-5-2-6-23)40-32(38)35-25-11-9-24(10-12-25)31-29(20-33)28-19-27(39-18-4-16-36-17-15-34-21-36)13-14-30(28)37(31)26-7-3-8-26/h9-15,17,19,21-23,26H,2-8,16,18H2,1H3,(H,35,38). The number of nitrogens with zero attached hydrogens (tertiary/aromatic N) is 4. The van der Waals surface area contributed by atoms with Crippen molar-refractivity contribution in [1.29, 1.82) is 5.26 Å². The molecule has 2 aliphatic rings. The van der Waals surface area contributed by atoms with Crippen LogP contribution in [0.25, 0.3) is 22.2 Å². The number of benzene rings is 2. The molecule has 1 amide bonds. The maximum absolute atomic E-state index is 12.4. The van der Waals surface area contributed by atoms with E-state index in [1.807, 2.05) is 54.1 Å². The van der Waals surface area contributed by atoms with Gasteiger partial charge in [-0.3, -0.25) is 5.32 Å². The summed E-state index contributed by atoms with van der Waals surface area (Å²) in [6.07, 6.45) is 12.7. The van der Waals surface area contributed by atoms with Crippen molar-refractivity contribution >= 4 is 22.7 Å². The number of ether oxygens (including phenoxy) is 2. The van der Waals surface area contributed by atoms with E-state index in [4.69, 9.17) is 9.47 Å². The number of aromatic nitrogens is 3. The highest BCUT2D eigenvalue weighted by atomic mass is 16.6. The fourth-order valence-corrected chi connectivity index (χ4v) is 5.69. The van der Waals surface area contributed by atoms with E-state index < -0.39 is 6.09 Å². The van der Waals surface area contributed by atoms with E-state index in [9.17, 15) is 10.1 Å². The Kier molecular flexibility index (Phi) is 7.45. The minimum Gasteiger partial charge on any atom is -0.494 e. The Morgan fingerprint density at radius 1 is 1.15 bits per heavy atom. The Balaban J connectivity index is 1.22. The Hall–Kier alpha value is -4.25. The number of anilines is 1. The molecule has 2 aromatic heterocycles. The lowest BCUT2D eigenvalue weighted by Gasteiger charge is -2.30. The van der Waals surface area contributed by atoms with Crippen molar-refractivity contribution in [3.8, 4) is 23.1 Å². The van der Waals surface area contributed by atoms with Crippen LogP contribution < -0.4 is 10.1 Å². The molecule has 0 aliphatic heterocycles. The van der Waals surface area contributed by atoms with Gasteiger partial charge < -0.3 is 18.6 Å². The molecule has 0 saturated heterocycles. The predicted octanol–water partition coefficient (Wildman–Crippen LogP) is 7.31. The SMILES string of the molecule is CC(OC(=O)Nc1ccc(-c2c(C#N)c3cc(OCCCn4ccnc4)ccc3n2C2CCC2)cc1)C1CCC1. The molecule has 0 spiro atoms. The molecule has 2 heterocycles. The van der Waals surface area contributed by atoms with Crippen LogP contribution in [0.2, 0.25) is 0 Å². The lowest BCUT2D eigenvalue weighted by Crippen LogP contribution is -2.30. The zero-order chi connectivity index (χ0) is 27.5. The number of imidazole rings is 1. The number of nitrogens with one attached hydrogen (secondary N) is 1. The van der Waals surface area contributed by atoms with E-state index in [2.05, 4.69) is 27.0 Å². The van der Waals surface area contributed by atoms with E-state index >= 15 is 0 Å². The fourth-order valence-electron chi connectivity index (χ4n) is 5.69. The maximum atomic E-state index is 12.4. The van der Waals surface area contributed by atoms with Crippen molar-refractivity contribution in [3.63, 3.8) is 0 Å². The van der Waals surface area contributed by atoms with Gasteiger partial charge >= 0.3 is 6.09 Å². The summed E-state index contributed by atoms with van der Waals surface area (Å²) in [6, 6.07) is 16.6. The van der Waals surface area contributed by atoms with Gasteiger partial charge in [-0.1, -0.05) is 18.6 Å². The molecule has 2 saturated carbocycles. The summed E-state index contributed by atoms with van der Waals surface area (Å²) in [5.74, 6) is 1.24. The molecule has 1 atom stereocenters. The van der Waals surface area contributed by atoms with Gasteiger partial charge in [0, 0.05) is 36.1 Å². The molecule has 6 rings (SSSR count). The smallest absolute Gasteiger partial charge is 0.411 e. The van der Waals surface area contributed by atoms with Crippen molar-refractivity contribution in [1.82, 2.24) is 14.1 Å². The van der Waals surface area contributed by atoms with E-state index in [1.165, 1.54) is 12.8 Å². The lowest BCUT2D eigenvalue weighted by molar-refractivity contribution is 0.0531. The van der Waals surface area contributed by atoms with Crippen LogP contribution in [-0.4, -0.2) is 32.9 Å². The van der Waals surface area contributed by atoms with Crippen LogP contribution in [0, 0.1) is 17.2 Å². The first-order valence-corrected chi connectivity index (χ1v) is 14.4. The topological polar surface area (TPSA) is 94.1 Å². The summed E-state index contributed by atoms with van der Waals surface area (Å²) in [5.41, 5.74) is 4.25. The molecule has 1 N–H and O–H groups in total. The van der Waals surface area contributed by atoms with Crippen LogP contribution in [0.4, 0.5) is 10.5 Å². The molecular formula is C32H35N5O3. The number of fused-ring (bicyclic) bond motifs is 1. The molecule has 2 aromatic carbocycles. The van der Waals surface area contributed by atoms with Crippen molar-refractivity contribution < 1.29 is 14.3 Å². The average Bonchev–Trinajstić information content (AvgIpc) is 3.51. The number of aryl methyl sites for hydroxylation is 1. The predicted molar refractivity (Wildman–Crippen MR) is 154 cm³/mol. The molecule has 0 radical (unpaired) electrons. The van der Waals surface area contributed by atoms with Gasteiger partial charge in [-0.25, -0.2) is 9.78 Å². The third-order valence-electron chi connectivity index (χ3n) is 8.43. The van der Waals surface area contributed by atoms with E-state index in [0.717, 1.165) is 66.6 Å². The average molecular weight is 538 g/mol. The van der Waals surface area contributed by atoms with E-state index in [1.54, 1.807) is 12.5 Å². The van der Waals surface area contributed by atoms with Gasteiger partial charge in [-0.2, -0.15) is 5.26 Å². The van der Waals surface area contributed by atoms with Gasteiger partial charge in [0.15, 0.2) is 0 Å². The monoisotopic (exact) mass is 537 g/mol. The van der Waals surface area contributed by atoms with E-state index in [0.29, 0.717) is 29.8 Å². The number of hydrogen-bond acceptors (Lipinski definition) is 5. The van der Waals surface area contributed by atoms with Crippen LogP contribution in [0.3, 0.4) is 0 Å². The molecule has 206 valence electrons. The first-order valence-electron chi connectivity index (χ1n) is 14.4. The maximum Gasteiger partial charge on any atom is 0.411 e. The van der Waals surface area contributed by atoms with Gasteiger partial charge in [0.05, 0.1) is 29.7 Å². The zero-order valence-electron chi connectivity index (χ0n) is 22.9. The molecule has 2 aliphatic carbocycles. The van der Waals surface area contributed by atoms with Crippen LogP contribution in [0.1, 0.15) is 63.5 Å². The summed E-state index contributed by atoms with van der Waals surface area (Å²) in [4.78, 5) is 16.5. The van der Waals surface area contributed by atoms with Crippen molar-refractivity contribution in [2.75, 3.05) is 11.9 Å². The largest absolute Gasteiger partial charge is 0.494 e. The number of carbonyl (C=O) groups excluding carboxylic acids is 1. The summed E-state index contributed by atoms with van der Waals surface area (Å²) >= 11 is 0. The van der Waals surface area contributed by atoms with Crippen LogP contribution in [0.15, 0.2) is 61.2 Å². The molecule has 8 nitrogen and oxygen atoms in total. The van der Waals surface area contributed by atoms with Gasteiger partial charge in [-0.15, -0.1) is 0 Å². The zero-order valence-corrected chi connectivity index (χ0v) is 22.9. The third kappa shape index (κ3) is 5.29. The Morgan fingerprint density at radius 2 is 1.95 bits per heavy atom. The lowest BCUT2D eigenvalue weighted by atomic mass is 9.82. The second kappa shape index (κ2) is 11.5. The quantitative estimate of drug-likeness (QED) is 0.214. The van der Waals surface area contributed by atoms with Gasteiger partial charge in [-0.05, 0) is 87.3 Å². The van der Waals surface area contributed by atoms with Gasteiger partial charge in [0.2, 0.25) is 0 Å². The second-order valence-electron chi connectivity index (χ2n) is 11.0. The minimum absolute atomic E-state index is 0.0741. The van der Waals surface area contributed by atoms with Crippen LogP contribution >= 0.6 is 0 Å². The molecular weight excluding hydrogens is 502 g/mol. The van der Waals surface area contributed by atoms with Gasteiger partial charge in [0.1, 0.15) is 17.9 Å². The summed E-state index contributed by atoms with van der Waals surface area (Å²) in [7, 11) is 0. The minimum atomic E-state index is -0.425. The molecule has 4 aromatic rings. The number of nitriles is 1. The number of amides is 1. The normalized spacial score (nSPS) is 16.1. The Morgan fingerprint density at radius 3 is 2.60 bits per heavy atom. The van der Waals surface area contributed by atoms with E-state index in [-0.39, 0.29) is 6.10 Å². The van der Waals surface area contributed by atoms with Crippen LogP contribution in [0.5, 0.6) is 5.75 Å². The molecule has 0 bridgehead atoms. The summed E-state index contributed by atoms with van der Waals surface area (Å²) in [5, 5.41) is 14.1. The van der Waals surface area contributed by atoms with Crippen molar-refractivity contribution in [3.05, 3.63) is 66.7 Å². The number of hydrogen-bond donors (Lipinski definition) is 1. The van der Waals surface area contributed by atoms with Gasteiger partial charge in [0.25, 0.3) is 0 Å². The highest BCUT2D eigenvalue weighted by Crippen LogP contribution is 2.43. The molecule has 1 unspecified atom stereocenters. The van der Waals surface area contributed by atoms with Crippen molar-refractivity contribution in [2.45, 2.75) is 70.6 Å². The molecule has 40 heavy (non-hydrogen) atoms. The summed E-state index contributed by atoms with van der Waals surface area (Å²) < 4.78 is 16.0. The Bertz CT molecular complexity index is 1510. The number of carbonyl (C=O) groups is 1. The highest BCUT2D eigenvalue weighted by molar-refractivity contribution is 5.96.